The second-order valence-corrected chi connectivity index (χ2v) is 5.91. The quantitative estimate of drug-likeness (QED) is 0.752. The van der Waals surface area contributed by atoms with Gasteiger partial charge in [0.1, 0.15) is 0 Å². The van der Waals surface area contributed by atoms with Gasteiger partial charge in [-0.25, -0.2) is 0 Å². The molecule has 2 atom stereocenters. The molecular formula is C12H26N2S. The molecule has 1 heterocycles. The molecule has 0 aliphatic carbocycles. The van der Waals surface area contributed by atoms with Crippen LogP contribution in [0.3, 0.4) is 0 Å². The zero-order valence-electron chi connectivity index (χ0n) is 10.7. The Balaban J connectivity index is 2.43. The molecule has 0 aromatic rings. The standard InChI is InChI=1S/C12H26N2S/c1-5-12(6-7-13-9-12)10-14(3)11(2)8-15-4/h11,13H,5-10H2,1-4H3. The maximum atomic E-state index is 3.51. The monoisotopic (exact) mass is 230 g/mol. The van der Waals surface area contributed by atoms with Crippen LogP contribution in [-0.2, 0) is 0 Å². The molecular weight excluding hydrogens is 204 g/mol. The number of nitrogens with one attached hydrogen (secondary N) is 1. The lowest BCUT2D eigenvalue weighted by molar-refractivity contribution is 0.159. The van der Waals surface area contributed by atoms with Crippen LogP contribution in [-0.4, -0.2) is 49.6 Å². The van der Waals surface area contributed by atoms with E-state index in [9.17, 15) is 0 Å². The number of nitrogens with zero attached hydrogens (tertiary/aromatic N) is 1. The highest BCUT2D eigenvalue weighted by Crippen LogP contribution is 2.30. The Bertz CT molecular complexity index is 178. The Labute approximate surface area is 99.2 Å². The lowest BCUT2D eigenvalue weighted by atomic mass is 9.83. The molecule has 2 nitrogen and oxygen atoms in total. The second-order valence-electron chi connectivity index (χ2n) is 5.00. The first kappa shape index (κ1) is 13.3. The van der Waals surface area contributed by atoms with E-state index in [1.165, 1.54) is 38.2 Å². The van der Waals surface area contributed by atoms with Crippen LogP contribution in [0, 0.1) is 5.41 Å². The normalized spacial score (nSPS) is 28.6. The molecule has 1 saturated heterocycles. The minimum Gasteiger partial charge on any atom is -0.316 e. The molecule has 0 amide bonds. The third kappa shape index (κ3) is 3.65. The van der Waals surface area contributed by atoms with E-state index in [4.69, 9.17) is 0 Å². The lowest BCUT2D eigenvalue weighted by Gasteiger charge is -2.35. The molecule has 0 bridgehead atoms. The molecule has 0 aromatic carbocycles. The number of rotatable bonds is 6. The number of hydrogen-bond acceptors (Lipinski definition) is 3. The molecule has 2 unspecified atom stereocenters. The molecule has 0 spiro atoms. The van der Waals surface area contributed by atoms with E-state index in [0.717, 1.165) is 0 Å². The van der Waals surface area contributed by atoms with Gasteiger partial charge in [0, 0.05) is 24.9 Å². The predicted molar refractivity (Wildman–Crippen MR) is 70.7 cm³/mol. The molecule has 0 radical (unpaired) electrons. The molecule has 3 heteroatoms. The van der Waals surface area contributed by atoms with Crippen molar-refractivity contribution in [2.24, 2.45) is 5.41 Å². The van der Waals surface area contributed by atoms with Crippen molar-refractivity contribution < 1.29 is 0 Å². The fourth-order valence-corrected chi connectivity index (χ4v) is 3.13. The van der Waals surface area contributed by atoms with Gasteiger partial charge < -0.3 is 10.2 Å². The fraction of sp³-hybridized carbons (Fsp3) is 1.00. The first-order valence-corrected chi connectivity index (χ1v) is 7.43. The number of hydrogen-bond donors (Lipinski definition) is 1. The van der Waals surface area contributed by atoms with Gasteiger partial charge in [0.25, 0.3) is 0 Å². The summed E-state index contributed by atoms with van der Waals surface area (Å²) in [6.45, 7) is 8.33. The van der Waals surface area contributed by atoms with E-state index >= 15 is 0 Å². The first-order chi connectivity index (χ1) is 7.13. The smallest absolute Gasteiger partial charge is 0.0155 e. The third-order valence-electron chi connectivity index (χ3n) is 3.83. The van der Waals surface area contributed by atoms with Crippen LogP contribution >= 0.6 is 11.8 Å². The highest BCUT2D eigenvalue weighted by atomic mass is 32.2. The summed E-state index contributed by atoms with van der Waals surface area (Å²) in [4.78, 5) is 2.53. The van der Waals surface area contributed by atoms with Gasteiger partial charge in [-0.15, -0.1) is 0 Å². The van der Waals surface area contributed by atoms with Gasteiger partial charge in [-0.2, -0.15) is 11.8 Å². The summed E-state index contributed by atoms with van der Waals surface area (Å²) in [5.74, 6) is 1.24. The highest BCUT2D eigenvalue weighted by Gasteiger charge is 2.33. The Morgan fingerprint density at radius 3 is 2.73 bits per heavy atom. The SMILES string of the molecule is CCC1(CN(C)C(C)CSC)CCNC1. The summed E-state index contributed by atoms with van der Waals surface area (Å²) in [7, 11) is 2.27. The van der Waals surface area contributed by atoms with Gasteiger partial charge in [-0.05, 0) is 45.0 Å². The third-order valence-corrected chi connectivity index (χ3v) is 4.64. The number of thioether (sulfide) groups is 1. The van der Waals surface area contributed by atoms with Crippen LogP contribution in [0.5, 0.6) is 0 Å². The predicted octanol–water partition coefficient (Wildman–Crippen LogP) is 2.06. The summed E-state index contributed by atoms with van der Waals surface area (Å²) in [6.07, 6.45) is 4.84. The van der Waals surface area contributed by atoms with Crippen molar-refractivity contribution in [1.82, 2.24) is 10.2 Å². The summed E-state index contributed by atoms with van der Waals surface area (Å²) in [5.41, 5.74) is 0.543. The van der Waals surface area contributed by atoms with E-state index in [2.05, 4.69) is 37.4 Å². The highest BCUT2D eigenvalue weighted by molar-refractivity contribution is 7.98. The maximum absolute atomic E-state index is 3.51. The van der Waals surface area contributed by atoms with Crippen molar-refractivity contribution in [3.63, 3.8) is 0 Å². The van der Waals surface area contributed by atoms with Crippen LogP contribution in [0.15, 0.2) is 0 Å². The van der Waals surface area contributed by atoms with Gasteiger partial charge in [0.2, 0.25) is 0 Å². The van der Waals surface area contributed by atoms with Crippen molar-refractivity contribution in [2.75, 3.05) is 38.7 Å². The van der Waals surface area contributed by atoms with Crippen LogP contribution in [0.4, 0.5) is 0 Å². The topological polar surface area (TPSA) is 15.3 Å². The first-order valence-electron chi connectivity index (χ1n) is 6.03. The average molecular weight is 230 g/mol. The van der Waals surface area contributed by atoms with E-state index in [-0.39, 0.29) is 0 Å². The van der Waals surface area contributed by atoms with Gasteiger partial charge in [-0.3, -0.25) is 0 Å². The van der Waals surface area contributed by atoms with Crippen LogP contribution in [0.25, 0.3) is 0 Å². The van der Waals surface area contributed by atoms with Crippen LogP contribution < -0.4 is 5.32 Å². The Kier molecular flexibility index (Phi) is 5.44. The molecule has 1 N–H and O–H groups in total. The molecule has 90 valence electrons. The largest absolute Gasteiger partial charge is 0.316 e. The zero-order valence-corrected chi connectivity index (χ0v) is 11.5. The van der Waals surface area contributed by atoms with Gasteiger partial charge >= 0.3 is 0 Å². The van der Waals surface area contributed by atoms with Crippen LogP contribution in [0.2, 0.25) is 0 Å². The Morgan fingerprint density at radius 1 is 1.53 bits per heavy atom. The average Bonchev–Trinajstić information content (AvgIpc) is 2.67. The minimum absolute atomic E-state index is 0.543. The second kappa shape index (κ2) is 6.12. The van der Waals surface area contributed by atoms with E-state index in [0.29, 0.717) is 11.5 Å². The maximum Gasteiger partial charge on any atom is 0.0155 e. The molecule has 0 aromatic heterocycles. The molecule has 0 saturated carbocycles. The van der Waals surface area contributed by atoms with Gasteiger partial charge in [-0.1, -0.05) is 6.92 Å². The Hall–Kier alpha value is 0.270. The fourth-order valence-electron chi connectivity index (χ4n) is 2.40. The van der Waals surface area contributed by atoms with E-state index in [1.54, 1.807) is 0 Å². The van der Waals surface area contributed by atoms with Crippen molar-refractivity contribution in [2.45, 2.75) is 32.7 Å². The molecule has 15 heavy (non-hydrogen) atoms. The summed E-state index contributed by atoms with van der Waals surface area (Å²) >= 11 is 1.95. The molecule has 1 rings (SSSR count). The zero-order chi connectivity index (χ0) is 11.3. The van der Waals surface area contributed by atoms with E-state index < -0.39 is 0 Å². The molecule has 1 aliphatic rings. The molecule has 1 fully saturated rings. The van der Waals surface area contributed by atoms with Crippen molar-refractivity contribution >= 4 is 11.8 Å². The van der Waals surface area contributed by atoms with Crippen molar-refractivity contribution in [1.29, 1.82) is 0 Å². The summed E-state index contributed by atoms with van der Waals surface area (Å²) in [5, 5.41) is 3.51. The molecule has 1 aliphatic heterocycles. The minimum atomic E-state index is 0.543. The lowest BCUT2D eigenvalue weighted by Crippen LogP contribution is -2.42. The van der Waals surface area contributed by atoms with E-state index in [1.807, 2.05) is 11.8 Å². The van der Waals surface area contributed by atoms with Crippen molar-refractivity contribution in [3.8, 4) is 0 Å². The van der Waals surface area contributed by atoms with Gasteiger partial charge in [0.05, 0.1) is 0 Å². The van der Waals surface area contributed by atoms with Gasteiger partial charge in [0.15, 0.2) is 0 Å². The Morgan fingerprint density at radius 2 is 2.27 bits per heavy atom. The summed E-state index contributed by atoms with van der Waals surface area (Å²) in [6, 6.07) is 0.698. The van der Waals surface area contributed by atoms with Crippen LogP contribution in [0.1, 0.15) is 26.7 Å². The summed E-state index contributed by atoms with van der Waals surface area (Å²) < 4.78 is 0. The van der Waals surface area contributed by atoms with Crippen molar-refractivity contribution in [3.05, 3.63) is 0 Å².